The van der Waals surface area contributed by atoms with Gasteiger partial charge in [-0.2, -0.15) is 13.7 Å². The molecule has 1 rings (SSSR count). The van der Waals surface area contributed by atoms with Crippen molar-refractivity contribution in [1.82, 2.24) is 10.5 Å². The van der Waals surface area contributed by atoms with Crippen molar-refractivity contribution < 1.29 is 13.2 Å². The van der Waals surface area contributed by atoms with Crippen LogP contribution in [0, 0.1) is 11.5 Å². The van der Waals surface area contributed by atoms with E-state index in [0.29, 0.717) is 5.69 Å². The van der Waals surface area contributed by atoms with Gasteiger partial charge in [-0.15, -0.1) is 4.31 Å². The van der Waals surface area contributed by atoms with E-state index >= 15 is 0 Å². The van der Waals surface area contributed by atoms with Crippen molar-refractivity contribution in [3.8, 4) is 6.19 Å². The standard InChI is InChI=1S/C9H9N3O3S.H3N/c1-7(13)12(6-10)16(14,15)9-4-2-8(11)3-5-9;/h2-5H,11H2,1H3;1H3. The van der Waals surface area contributed by atoms with E-state index in [1.807, 2.05) is 0 Å². The molecule has 0 fully saturated rings. The summed E-state index contributed by atoms with van der Waals surface area (Å²) in [7, 11) is -4.10. The molecule has 0 bridgehead atoms. The topological polar surface area (TPSA) is 139 Å². The lowest BCUT2D eigenvalue weighted by Crippen LogP contribution is -2.30. The van der Waals surface area contributed by atoms with Crippen molar-refractivity contribution in [3.63, 3.8) is 0 Å². The fourth-order valence-corrected chi connectivity index (χ4v) is 2.18. The molecule has 0 aliphatic heterocycles. The average molecular weight is 256 g/mol. The molecule has 0 saturated carbocycles. The molecule has 1 aromatic rings. The first-order valence-electron chi connectivity index (χ1n) is 4.21. The third-order valence-corrected chi connectivity index (χ3v) is 3.48. The summed E-state index contributed by atoms with van der Waals surface area (Å²) in [5.41, 5.74) is 5.79. The zero-order valence-electron chi connectivity index (χ0n) is 9.12. The lowest BCUT2D eigenvalue weighted by Gasteiger charge is -2.11. The molecule has 1 aromatic carbocycles. The zero-order valence-corrected chi connectivity index (χ0v) is 9.94. The van der Waals surface area contributed by atoms with Gasteiger partial charge in [0.15, 0.2) is 0 Å². The van der Waals surface area contributed by atoms with Gasteiger partial charge in [0.2, 0.25) is 12.1 Å². The number of amides is 1. The molecular formula is C9H12N4O3S. The van der Waals surface area contributed by atoms with E-state index in [1.54, 1.807) is 0 Å². The van der Waals surface area contributed by atoms with Gasteiger partial charge in [0.1, 0.15) is 0 Å². The van der Waals surface area contributed by atoms with E-state index in [1.165, 1.54) is 30.5 Å². The highest BCUT2D eigenvalue weighted by Crippen LogP contribution is 2.16. The van der Waals surface area contributed by atoms with Crippen molar-refractivity contribution in [1.29, 1.82) is 5.26 Å². The van der Waals surface area contributed by atoms with Gasteiger partial charge in [0.05, 0.1) is 4.90 Å². The summed E-state index contributed by atoms with van der Waals surface area (Å²) >= 11 is 0. The van der Waals surface area contributed by atoms with Gasteiger partial charge in [-0.3, -0.25) is 4.79 Å². The molecule has 0 atom stereocenters. The van der Waals surface area contributed by atoms with E-state index in [9.17, 15) is 13.2 Å². The molecular weight excluding hydrogens is 244 g/mol. The number of nitrogens with zero attached hydrogens (tertiary/aromatic N) is 2. The number of anilines is 1. The molecule has 0 saturated heterocycles. The number of nitrogen functional groups attached to an aromatic ring is 1. The third kappa shape index (κ3) is 2.93. The number of rotatable bonds is 2. The monoisotopic (exact) mass is 256 g/mol. The second kappa shape index (κ2) is 5.29. The number of carbonyl (C=O) groups excluding carboxylic acids is 1. The lowest BCUT2D eigenvalue weighted by molar-refractivity contribution is -0.122. The van der Waals surface area contributed by atoms with Crippen LogP contribution in [0.1, 0.15) is 6.92 Å². The maximum Gasteiger partial charge on any atom is 0.279 e. The maximum atomic E-state index is 11.8. The molecule has 0 spiro atoms. The van der Waals surface area contributed by atoms with Gasteiger partial charge in [0, 0.05) is 12.6 Å². The largest absolute Gasteiger partial charge is 0.399 e. The van der Waals surface area contributed by atoms with Gasteiger partial charge in [0.25, 0.3) is 10.0 Å². The molecule has 17 heavy (non-hydrogen) atoms. The second-order valence-electron chi connectivity index (χ2n) is 2.96. The van der Waals surface area contributed by atoms with E-state index in [-0.39, 0.29) is 15.4 Å². The molecule has 0 aromatic heterocycles. The molecule has 0 aliphatic rings. The molecule has 7 nitrogen and oxygen atoms in total. The number of carbonyl (C=O) groups is 1. The highest BCUT2D eigenvalue weighted by atomic mass is 32.2. The molecule has 8 heteroatoms. The summed E-state index contributed by atoms with van der Waals surface area (Å²) in [5, 5.41) is 8.60. The van der Waals surface area contributed by atoms with Crippen molar-refractivity contribution in [3.05, 3.63) is 24.3 Å². The van der Waals surface area contributed by atoms with E-state index < -0.39 is 15.9 Å². The van der Waals surface area contributed by atoms with E-state index in [2.05, 4.69) is 0 Å². The Kier molecular flexibility index (Phi) is 4.63. The van der Waals surface area contributed by atoms with Crippen LogP contribution in [0.5, 0.6) is 0 Å². The quantitative estimate of drug-likeness (QED) is 0.447. The molecule has 0 radical (unpaired) electrons. The highest BCUT2D eigenvalue weighted by molar-refractivity contribution is 7.89. The Morgan fingerprint density at radius 2 is 1.82 bits per heavy atom. The van der Waals surface area contributed by atoms with Crippen molar-refractivity contribution >= 4 is 21.6 Å². The number of nitriles is 1. The number of nitrogens with two attached hydrogens (primary N) is 1. The number of sulfonamides is 1. The number of hydrogen-bond donors (Lipinski definition) is 2. The first-order chi connectivity index (χ1) is 7.39. The van der Waals surface area contributed by atoms with Gasteiger partial charge in [-0.1, -0.05) is 0 Å². The molecule has 0 aliphatic carbocycles. The highest BCUT2D eigenvalue weighted by Gasteiger charge is 2.26. The fourth-order valence-electron chi connectivity index (χ4n) is 1.04. The Morgan fingerprint density at radius 3 is 2.18 bits per heavy atom. The van der Waals surface area contributed by atoms with Crippen LogP contribution in [0.15, 0.2) is 29.2 Å². The molecule has 0 unspecified atom stereocenters. The van der Waals surface area contributed by atoms with Crippen LogP contribution in [-0.4, -0.2) is 18.6 Å². The maximum absolute atomic E-state index is 11.8. The van der Waals surface area contributed by atoms with Crippen LogP contribution in [0.2, 0.25) is 0 Å². The molecule has 5 N–H and O–H groups in total. The number of hydrogen-bond acceptors (Lipinski definition) is 6. The first-order valence-corrected chi connectivity index (χ1v) is 5.65. The smallest absolute Gasteiger partial charge is 0.279 e. The van der Waals surface area contributed by atoms with Crippen LogP contribution in [-0.2, 0) is 14.8 Å². The second-order valence-corrected chi connectivity index (χ2v) is 4.74. The third-order valence-electron chi connectivity index (χ3n) is 1.80. The predicted molar refractivity (Wildman–Crippen MR) is 61.2 cm³/mol. The van der Waals surface area contributed by atoms with Crippen LogP contribution in [0.25, 0.3) is 0 Å². The summed E-state index contributed by atoms with van der Waals surface area (Å²) < 4.78 is 23.6. The van der Waals surface area contributed by atoms with Crippen LogP contribution in [0.4, 0.5) is 5.69 Å². The summed E-state index contributed by atoms with van der Waals surface area (Å²) in [4.78, 5) is 10.8. The molecule has 1 amide bonds. The Hall–Kier alpha value is -2.11. The van der Waals surface area contributed by atoms with Crippen molar-refractivity contribution in [2.24, 2.45) is 0 Å². The minimum absolute atomic E-state index is 0. The van der Waals surface area contributed by atoms with Gasteiger partial charge >= 0.3 is 0 Å². The normalized spacial score (nSPS) is 9.88. The van der Waals surface area contributed by atoms with E-state index in [4.69, 9.17) is 11.0 Å². The van der Waals surface area contributed by atoms with Crippen LogP contribution < -0.4 is 11.9 Å². The van der Waals surface area contributed by atoms with Gasteiger partial charge in [-0.25, -0.2) is 0 Å². The van der Waals surface area contributed by atoms with Crippen LogP contribution in [0.3, 0.4) is 0 Å². The molecule has 0 heterocycles. The Morgan fingerprint density at radius 1 is 1.35 bits per heavy atom. The van der Waals surface area contributed by atoms with Crippen molar-refractivity contribution in [2.45, 2.75) is 11.8 Å². The van der Waals surface area contributed by atoms with Gasteiger partial charge in [-0.05, 0) is 24.3 Å². The Bertz CT molecular complexity index is 545. The lowest BCUT2D eigenvalue weighted by atomic mass is 10.3. The minimum atomic E-state index is -4.10. The van der Waals surface area contributed by atoms with E-state index in [0.717, 1.165) is 6.92 Å². The Labute approximate surface area is 99.1 Å². The summed E-state index contributed by atoms with van der Waals surface area (Å²) in [6.45, 7) is 0.998. The average Bonchev–Trinajstić information content (AvgIpc) is 2.18. The Balaban J connectivity index is 0.00000256. The molecule has 92 valence electrons. The number of benzene rings is 1. The summed E-state index contributed by atoms with van der Waals surface area (Å²) in [6.07, 6.45) is 1.32. The van der Waals surface area contributed by atoms with Crippen molar-refractivity contribution in [2.75, 3.05) is 5.73 Å². The minimum Gasteiger partial charge on any atom is -0.399 e. The fraction of sp³-hybridized carbons (Fsp3) is 0.111. The predicted octanol–water partition coefficient (Wildman–Crippen LogP) is 0.449. The SMILES string of the molecule is CC(=O)N(C#N)S(=O)(=O)c1ccc(N)cc1.N. The van der Waals surface area contributed by atoms with Gasteiger partial charge < -0.3 is 11.9 Å². The first kappa shape index (κ1) is 14.9. The summed E-state index contributed by atoms with van der Waals surface area (Å²) in [6, 6.07) is 5.22. The summed E-state index contributed by atoms with van der Waals surface area (Å²) in [5.74, 6) is -0.862. The van der Waals surface area contributed by atoms with Crippen LogP contribution >= 0.6 is 0 Å². The zero-order chi connectivity index (χ0) is 12.3.